The molecule has 1 N–H and O–H groups in total. The zero-order valence-electron chi connectivity index (χ0n) is 20.1. The van der Waals surface area contributed by atoms with E-state index in [1.807, 2.05) is 25.2 Å². The van der Waals surface area contributed by atoms with E-state index in [1.54, 1.807) is 0 Å². The Hall–Kier alpha value is -2.40. The molecule has 0 aliphatic heterocycles. The fourth-order valence-corrected chi connectivity index (χ4v) is 3.90. The molecule has 0 fully saturated rings. The van der Waals surface area contributed by atoms with E-state index in [0.717, 1.165) is 0 Å². The van der Waals surface area contributed by atoms with Crippen LogP contribution in [0.15, 0.2) is 133 Å². The summed E-state index contributed by atoms with van der Waals surface area (Å²) in [5.74, 6) is 0. The van der Waals surface area contributed by atoms with Crippen molar-refractivity contribution < 1.29 is 39.9 Å². The second-order valence-corrected chi connectivity index (χ2v) is 10.9. The summed E-state index contributed by atoms with van der Waals surface area (Å²) in [6.07, 6.45) is 0. The summed E-state index contributed by atoms with van der Waals surface area (Å²) in [6, 6.07) is 46.9. The van der Waals surface area contributed by atoms with Gasteiger partial charge in [0.05, 0.1) is 0 Å². The molecule has 0 bridgehead atoms. The van der Waals surface area contributed by atoms with E-state index in [-0.39, 0.29) is 39.9 Å². The average molecular weight is 614 g/mol. The van der Waals surface area contributed by atoms with Gasteiger partial charge in [0.25, 0.3) is 0 Å². The number of hydrogen-bond acceptors (Lipinski definition) is 0. The summed E-state index contributed by atoms with van der Waals surface area (Å²) in [5, 5.41) is 12.0. The topological polar surface area (TPSA) is 23.8 Å². The van der Waals surface area contributed by atoms with Crippen molar-refractivity contribution in [2.24, 2.45) is 0 Å². The first kappa shape index (κ1) is 27.2. The molecule has 0 amide bonds. The van der Waals surface area contributed by atoms with Crippen LogP contribution in [0.1, 0.15) is 0 Å². The van der Waals surface area contributed by atoms with Gasteiger partial charge in [-0.05, 0) is 0 Å². The van der Waals surface area contributed by atoms with Gasteiger partial charge in [-0.15, -0.1) is 69.1 Å². The van der Waals surface area contributed by atoms with Crippen molar-refractivity contribution in [1.82, 2.24) is 0 Å². The van der Waals surface area contributed by atoms with E-state index < -0.39 is 8.96 Å². The Morgan fingerprint density at radius 3 is 1.17 bits per heavy atom. The Labute approximate surface area is 242 Å². The number of rotatable bonds is 2. The molecule has 6 rings (SSSR count). The minimum atomic E-state index is -0.889. The first-order valence-electron chi connectivity index (χ1n) is 11.7. The minimum Gasteiger partial charge on any atom is -0.682 e. The second kappa shape index (κ2) is 13.6. The van der Waals surface area contributed by atoms with Gasteiger partial charge in [0.2, 0.25) is 0 Å². The van der Waals surface area contributed by atoms with Crippen LogP contribution in [0.2, 0.25) is 13.1 Å². The third-order valence-corrected chi connectivity index (χ3v) is 5.45. The fraction of sp³-hybridized carbons (Fsp3) is 0.0625. The standard InChI is InChI=1S/2C15H11.C2H8NSi.Gd/c2*1-2-6-12(7-3-1)15-10-13-8-4-5-9-14(13)11-15;1-4(2)3;/h2*1-11H;3-4H,1-2H3;/q3*-1;+3. The quantitative estimate of drug-likeness (QED) is 0.137. The minimum absolute atomic E-state index is 0. The van der Waals surface area contributed by atoms with Crippen LogP contribution in [0.4, 0.5) is 0 Å². The zero-order chi connectivity index (χ0) is 23.8. The maximum Gasteiger partial charge on any atom is 3.00 e. The Bertz CT molecular complexity index is 1250. The van der Waals surface area contributed by atoms with Crippen LogP contribution < -0.4 is 0 Å². The van der Waals surface area contributed by atoms with Crippen molar-refractivity contribution >= 4 is 30.5 Å². The molecule has 3 heteroatoms. The first-order valence-corrected chi connectivity index (χ1v) is 14.6. The van der Waals surface area contributed by atoms with Gasteiger partial charge in [-0.1, -0.05) is 130 Å². The summed E-state index contributed by atoms with van der Waals surface area (Å²) in [4.78, 5) is 0. The SMILES string of the molecule is C[SiH](C)[NH-].[Gd+3].c1ccc(-c2cc3ccccc3[cH-]2)cc1.c1ccc(-c2cc3ccccc3[cH-]2)cc1. The maximum absolute atomic E-state index is 6.72. The van der Waals surface area contributed by atoms with Crippen LogP contribution in [0.5, 0.6) is 0 Å². The normalized spacial score (nSPS) is 10.2. The van der Waals surface area contributed by atoms with E-state index in [1.165, 1.54) is 43.8 Å². The number of benzene rings is 4. The molecule has 0 saturated heterocycles. The van der Waals surface area contributed by atoms with Crippen molar-refractivity contribution in [3.63, 3.8) is 0 Å². The Balaban J connectivity index is 0.000000166. The predicted octanol–water partition coefficient (Wildman–Crippen LogP) is 9.47. The van der Waals surface area contributed by atoms with E-state index in [2.05, 4.69) is 121 Å². The van der Waals surface area contributed by atoms with Crippen LogP contribution in [0.3, 0.4) is 0 Å². The zero-order valence-corrected chi connectivity index (χ0v) is 23.6. The Kier molecular flexibility index (Phi) is 10.6. The average Bonchev–Trinajstić information content (AvgIpc) is 3.50. The van der Waals surface area contributed by atoms with Crippen LogP contribution in [0, 0.1) is 39.9 Å². The molecule has 0 saturated carbocycles. The summed E-state index contributed by atoms with van der Waals surface area (Å²) >= 11 is 0. The van der Waals surface area contributed by atoms with Crippen LogP contribution >= 0.6 is 0 Å². The van der Waals surface area contributed by atoms with Crippen molar-refractivity contribution in [1.29, 1.82) is 0 Å². The van der Waals surface area contributed by atoms with E-state index in [9.17, 15) is 0 Å². The van der Waals surface area contributed by atoms with E-state index in [0.29, 0.717) is 0 Å². The predicted molar refractivity (Wildman–Crippen MR) is 153 cm³/mol. The molecule has 1 nitrogen and oxygen atoms in total. The van der Waals surface area contributed by atoms with Crippen LogP contribution in [-0.2, 0) is 0 Å². The summed E-state index contributed by atoms with van der Waals surface area (Å²) < 4.78 is 0. The monoisotopic (exact) mass is 614 g/mol. The van der Waals surface area contributed by atoms with Crippen LogP contribution in [0.25, 0.3) is 49.2 Å². The smallest absolute Gasteiger partial charge is 0.682 e. The second-order valence-electron chi connectivity index (χ2n) is 8.63. The molecule has 0 aliphatic rings. The van der Waals surface area contributed by atoms with Crippen LogP contribution in [-0.4, -0.2) is 8.96 Å². The van der Waals surface area contributed by atoms with Crippen molar-refractivity contribution in [2.45, 2.75) is 13.1 Å². The summed E-state index contributed by atoms with van der Waals surface area (Å²) in [5.41, 5.74) is 5.18. The molecule has 175 valence electrons. The Morgan fingerprint density at radius 1 is 0.514 bits per heavy atom. The number of hydrogen-bond donors (Lipinski definition) is 0. The van der Waals surface area contributed by atoms with Gasteiger partial charge in [-0.2, -0.15) is 0 Å². The van der Waals surface area contributed by atoms with Crippen molar-refractivity contribution in [3.8, 4) is 22.3 Å². The molecule has 6 aromatic carbocycles. The van der Waals surface area contributed by atoms with Gasteiger partial charge in [0.15, 0.2) is 0 Å². The van der Waals surface area contributed by atoms with Gasteiger partial charge in [-0.3, -0.25) is 0 Å². The molecular weight excluding hydrogens is 584 g/mol. The third-order valence-electron chi connectivity index (χ3n) is 5.45. The van der Waals surface area contributed by atoms with Gasteiger partial charge >= 0.3 is 39.9 Å². The maximum atomic E-state index is 6.72. The molecule has 0 unspecified atom stereocenters. The molecular formula is C32H30GdNSi. The largest absolute Gasteiger partial charge is 3.00 e. The van der Waals surface area contributed by atoms with E-state index >= 15 is 0 Å². The Morgan fingerprint density at radius 2 is 0.829 bits per heavy atom. The van der Waals surface area contributed by atoms with E-state index in [4.69, 9.17) is 5.40 Å². The molecule has 0 aromatic heterocycles. The molecule has 0 heterocycles. The summed E-state index contributed by atoms with van der Waals surface area (Å²) in [6.45, 7) is 3.94. The molecule has 0 aliphatic carbocycles. The molecule has 1 radical (unpaired) electrons. The number of fused-ring (bicyclic) bond motifs is 2. The molecule has 35 heavy (non-hydrogen) atoms. The summed E-state index contributed by atoms with van der Waals surface area (Å²) in [7, 11) is -0.889. The molecule has 6 aromatic rings. The van der Waals surface area contributed by atoms with Gasteiger partial charge in [-0.25, -0.2) is 0 Å². The van der Waals surface area contributed by atoms with Gasteiger partial charge < -0.3 is 5.40 Å². The third kappa shape index (κ3) is 7.80. The first-order chi connectivity index (χ1) is 16.6. The number of nitrogens with one attached hydrogen (secondary N) is 1. The van der Waals surface area contributed by atoms with Gasteiger partial charge in [0.1, 0.15) is 0 Å². The molecule has 0 spiro atoms. The fourth-order valence-electron chi connectivity index (χ4n) is 3.90. The molecule has 0 atom stereocenters. The van der Waals surface area contributed by atoms with Crippen molar-refractivity contribution in [2.75, 3.05) is 0 Å². The van der Waals surface area contributed by atoms with Gasteiger partial charge in [0, 0.05) is 0 Å². The van der Waals surface area contributed by atoms with Crippen molar-refractivity contribution in [3.05, 3.63) is 139 Å².